The van der Waals surface area contributed by atoms with Gasteiger partial charge in [-0.2, -0.15) is 0 Å². The number of aliphatic hydroxyl groups excluding tert-OH is 1. The minimum Gasteiger partial charge on any atom is -0.387 e. The van der Waals surface area contributed by atoms with Crippen LogP contribution in [0.2, 0.25) is 0 Å². The van der Waals surface area contributed by atoms with E-state index >= 15 is 0 Å². The van der Waals surface area contributed by atoms with Crippen LogP contribution in [0.3, 0.4) is 0 Å². The fraction of sp³-hybridized carbons (Fsp3) is 0.867. The SMILES string of the molecule is CC(C)C1=C2[C@@H](CC[C@@](C)(O)[C@H]2O)[C@](C)(N=S)CC1. The van der Waals surface area contributed by atoms with Crippen LogP contribution in [0.4, 0.5) is 0 Å². The molecule has 0 aromatic rings. The predicted octanol–water partition coefficient (Wildman–Crippen LogP) is 2.74. The molecule has 4 atom stereocenters. The van der Waals surface area contributed by atoms with Gasteiger partial charge in [-0.3, -0.25) is 0 Å². The van der Waals surface area contributed by atoms with Gasteiger partial charge in [0.2, 0.25) is 0 Å². The Morgan fingerprint density at radius 2 is 1.95 bits per heavy atom. The average Bonchev–Trinajstić information content (AvgIpc) is 2.34. The molecule has 2 aliphatic carbocycles. The second kappa shape index (κ2) is 4.90. The zero-order chi connectivity index (χ0) is 14.4. The summed E-state index contributed by atoms with van der Waals surface area (Å²) in [5.74, 6) is 0.585. The van der Waals surface area contributed by atoms with Gasteiger partial charge in [0.05, 0.1) is 11.1 Å². The van der Waals surface area contributed by atoms with E-state index in [4.69, 9.17) is 12.4 Å². The Morgan fingerprint density at radius 1 is 1.32 bits per heavy atom. The van der Waals surface area contributed by atoms with Crippen LogP contribution >= 0.6 is 0 Å². The minimum atomic E-state index is -1.02. The summed E-state index contributed by atoms with van der Waals surface area (Å²) in [6.45, 7) is 8.13. The molecule has 0 spiro atoms. The molecule has 0 amide bonds. The molecule has 1 fully saturated rings. The van der Waals surface area contributed by atoms with Crippen molar-refractivity contribution in [2.45, 2.75) is 70.6 Å². The highest BCUT2D eigenvalue weighted by Crippen LogP contribution is 2.51. The Labute approximate surface area is 121 Å². The van der Waals surface area contributed by atoms with Gasteiger partial charge in [-0.05, 0) is 51.0 Å². The third kappa shape index (κ3) is 2.39. The van der Waals surface area contributed by atoms with Crippen molar-refractivity contribution in [3.63, 3.8) is 0 Å². The molecule has 0 saturated heterocycles. The molecule has 3 nitrogen and oxygen atoms in total. The molecular formula is C15H25NO2S. The van der Waals surface area contributed by atoms with Crippen LogP contribution in [0, 0.1) is 11.8 Å². The fourth-order valence-corrected chi connectivity index (χ4v) is 3.96. The quantitative estimate of drug-likeness (QED) is 0.766. The van der Waals surface area contributed by atoms with Crippen LogP contribution in [0.25, 0.3) is 0 Å². The molecule has 1 saturated carbocycles. The van der Waals surface area contributed by atoms with Crippen LogP contribution in [0.1, 0.15) is 53.4 Å². The van der Waals surface area contributed by atoms with Gasteiger partial charge in [0.25, 0.3) is 0 Å². The lowest BCUT2D eigenvalue weighted by atomic mass is 9.60. The summed E-state index contributed by atoms with van der Waals surface area (Å²) in [6, 6.07) is 0. The first-order valence-electron chi connectivity index (χ1n) is 7.20. The molecule has 0 heterocycles. The van der Waals surface area contributed by atoms with Gasteiger partial charge in [-0.1, -0.05) is 19.4 Å². The van der Waals surface area contributed by atoms with Gasteiger partial charge in [0.15, 0.2) is 0 Å². The second-order valence-corrected chi connectivity index (χ2v) is 7.12. The number of allylic oxidation sites excluding steroid dienone is 1. The maximum Gasteiger partial charge on any atom is 0.104 e. The first-order chi connectivity index (χ1) is 8.73. The van der Waals surface area contributed by atoms with E-state index in [0.717, 1.165) is 24.8 Å². The van der Waals surface area contributed by atoms with Crippen LogP contribution in [-0.2, 0) is 12.4 Å². The van der Waals surface area contributed by atoms with E-state index in [1.165, 1.54) is 5.57 Å². The first kappa shape index (κ1) is 15.1. The Hall–Kier alpha value is -0.320. The molecule has 0 aliphatic heterocycles. The second-order valence-electron chi connectivity index (χ2n) is 6.93. The summed E-state index contributed by atoms with van der Waals surface area (Å²) in [5.41, 5.74) is 1.04. The Bertz CT molecular complexity index is 416. The van der Waals surface area contributed by atoms with E-state index in [0.29, 0.717) is 12.3 Å². The van der Waals surface area contributed by atoms with Gasteiger partial charge in [-0.15, -0.1) is 0 Å². The number of aliphatic hydroxyl groups is 2. The third-order valence-corrected chi connectivity index (χ3v) is 5.54. The highest BCUT2D eigenvalue weighted by Gasteiger charge is 2.50. The summed E-state index contributed by atoms with van der Waals surface area (Å²) >= 11 is 5.01. The van der Waals surface area contributed by atoms with Gasteiger partial charge in [-0.25, -0.2) is 4.36 Å². The molecule has 2 N–H and O–H groups in total. The fourth-order valence-electron chi connectivity index (χ4n) is 3.74. The molecule has 0 unspecified atom stereocenters. The lowest BCUT2D eigenvalue weighted by molar-refractivity contribution is -0.0780. The zero-order valence-electron chi connectivity index (χ0n) is 12.3. The van der Waals surface area contributed by atoms with E-state index < -0.39 is 11.7 Å². The summed E-state index contributed by atoms with van der Waals surface area (Å²) in [7, 11) is 0. The number of hydrogen-bond acceptors (Lipinski definition) is 4. The average molecular weight is 283 g/mol. The molecule has 0 aromatic carbocycles. The van der Waals surface area contributed by atoms with Crippen molar-refractivity contribution < 1.29 is 10.2 Å². The third-order valence-electron chi connectivity index (χ3n) is 5.13. The van der Waals surface area contributed by atoms with Crippen molar-refractivity contribution in [2.24, 2.45) is 16.2 Å². The Morgan fingerprint density at radius 3 is 2.47 bits per heavy atom. The molecule has 2 rings (SSSR count). The molecule has 0 radical (unpaired) electrons. The van der Waals surface area contributed by atoms with Crippen molar-refractivity contribution in [1.29, 1.82) is 0 Å². The smallest absolute Gasteiger partial charge is 0.104 e. The first-order valence-corrected chi connectivity index (χ1v) is 7.57. The topological polar surface area (TPSA) is 52.8 Å². The van der Waals surface area contributed by atoms with Crippen molar-refractivity contribution >= 4 is 12.4 Å². The van der Waals surface area contributed by atoms with Crippen LogP contribution in [0.15, 0.2) is 15.5 Å². The van der Waals surface area contributed by atoms with E-state index in [1.807, 2.05) is 0 Å². The lowest BCUT2D eigenvalue weighted by Crippen LogP contribution is -2.53. The Balaban J connectivity index is 2.52. The van der Waals surface area contributed by atoms with Crippen molar-refractivity contribution in [3.05, 3.63) is 11.1 Å². The molecule has 19 heavy (non-hydrogen) atoms. The minimum absolute atomic E-state index is 0.186. The van der Waals surface area contributed by atoms with Crippen molar-refractivity contribution in [2.75, 3.05) is 0 Å². The maximum atomic E-state index is 10.6. The van der Waals surface area contributed by atoms with Crippen molar-refractivity contribution in [1.82, 2.24) is 0 Å². The predicted molar refractivity (Wildman–Crippen MR) is 78.7 cm³/mol. The number of fused-ring (bicyclic) bond motifs is 1. The van der Waals surface area contributed by atoms with Gasteiger partial charge in [0.1, 0.15) is 6.10 Å². The summed E-state index contributed by atoms with van der Waals surface area (Å²) in [5, 5.41) is 21.0. The maximum absolute atomic E-state index is 10.6. The Kier molecular flexibility index (Phi) is 3.89. The molecule has 4 heteroatoms. The monoisotopic (exact) mass is 283 g/mol. The summed E-state index contributed by atoms with van der Waals surface area (Å²) in [6.07, 6.45) is 2.56. The highest BCUT2D eigenvalue weighted by molar-refractivity contribution is 7.47. The molecular weight excluding hydrogens is 258 g/mol. The van der Waals surface area contributed by atoms with E-state index in [9.17, 15) is 10.2 Å². The lowest BCUT2D eigenvalue weighted by Gasteiger charge is -2.49. The van der Waals surface area contributed by atoms with Gasteiger partial charge >= 0.3 is 0 Å². The van der Waals surface area contributed by atoms with Gasteiger partial charge in [0, 0.05) is 18.3 Å². The van der Waals surface area contributed by atoms with E-state index in [-0.39, 0.29) is 11.5 Å². The number of nitrogens with zero attached hydrogens (tertiary/aromatic N) is 1. The van der Waals surface area contributed by atoms with E-state index in [2.05, 4.69) is 25.1 Å². The van der Waals surface area contributed by atoms with E-state index in [1.54, 1.807) is 6.92 Å². The van der Waals surface area contributed by atoms with Crippen LogP contribution < -0.4 is 0 Å². The van der Waals surface area contributed by atoms with Crippen molar-refractivity contribution in [3.8, 4) is 0 Å². The summed E-state index contributed by atoms with van der Waals surface area (Å²) < 4.78 is 4.20. The van der Waals surface area contributed by atoms with Crippen LogP contribution in [0.5, 0.6) is 0 Å². The summed E-state index contributed by atoms with van der Waals surface area (Å²) in [4.78, 5) is 0. The number of hydrogen-bond donors (Lipinski definition) is 2. The molecule has 108 valence electrons. The normalized spacial score (nSPS) is 43.3. The largest absolute Gasteiger partial charge is 0.387 e. The molecule has 0 aromatic heterocycles. The standard InChI is InChI=1S/C15H25NO2S/c1-9(2)10-5-7-14(3,16-19)11-6-8-15(4,18)13(17)12(10)11/h9,11,13,17-18H,5-8H2,1-4H3/t11-,13+,14-,15-/m1/s1. The molecule has 2 aliphatic rings. The van der Waals surface area contributed by atoms with Crippen LogP contribution in [-0.4, -0.2) is 27.5 Å². The molecule has 0 bridgehead atoms. The highest BCUT2D eigenvalue weighted by atomic mass is 32.1. The number of rotatable bonds is 2. The zero-order valence-corrected chi connectivity index (χ0v) is 13.1. The van der Waals surface area contributed by atoms with Gasteiger partial charge < -0.3 is 10.2 Å².